The number of fused-ring (bicyclic) bond motifs is 1. The predicted octanol–water partition coefficient (Wildman–Crippen LogP) is 3.66. The number of carbonyl (C=O) groups is 2. The van der Waals surface area contributed by atoms with Crippen molar-refractivity contribution in [1.82, 2.24) is 9.80 Å². The van der Waals surface area contributed by atoms with Crippen molar-refractivity contribution in [1.29, 1.82) is 0 Å². The number of hydrogen-bond acceptors (Lipinski definition) is 6. The third-order valence-electron chi connectivity index (χ3n) is 6.44. The molecule has 3 atom stereocenters. The first-order valence-corrected chi connectivity index (χ1v) is 11.9. The van der Waals surface area contributed by atoms with Gasteiger partial charge in [-0.2, -0.15) is 0 Å². The van der Waals surface area contributed by atoms with Crippen LogP contribution in [-0.2, 0) is 16.1 Å². The molecule has 0 unspecified atom stereocenters. The van der Waals surface area contributed by atoms with E-state index in [2.05, 4.69) is 36.2 Å². The standard InChI is InChI=1S/C27H37N3O5/c1-18-14-30(15-21-7-10-23(33-5)11-8-21)19(2)17-35-25-13-22(28-20(3)31)9-12-24(25)27(32)29(4)16-26(18)34-6/h7-13,18-19,26H,14-17H2,1-6H3,(H,28,31)/t18-,19-,26+/m1/s1. The Morgan fingerprint density at radius 2 is 1.83 bits per heavy atom. The molecule has 0 bridgehead atoms. The number of amides is 2. The van der Waals surface area contributed by atoms with Gasteiger partial charge in [0.1, 0.15) is 18.1 Å². The highest BCUT2D eigenvalue weighted by Gasteiger charge is 2.28. The fraction of sp³-hybridized carbons (Fsp3) is 0.481. The molecule has 1 heterocycles. The van der Waals surface area contributed by atoms with Gasteiger partial charge in [-0.25, -0.2) is 0 Å². The van der Waals surface area contributed by atoms with E-state index in [-0.39, 0.29) is 29.9 Å². The van der Waals surface area contributed by atoms with Crippen LogP contribution in [0.25, 0.3) is 0 Å². The van der Waals surface area contributed by atoms with E-state index in [0.717, 1.165) is 18.8 Å². The monoisotopic (exact) mass is 483 g/mol. The van der Waals surface area contributed by atoms with Crippen LogP contribution in [0.5, 0.6) is 11.5 Å². The SMILES string of the molecule is COc1ccc(CN2C[C@@H](C)[C@@H](OC)CN(C)C(=O)c3ccc(NC(C)=O)cc3OC[C@H]2C)cc1. The molecule has 1 aliphatic rings. The van der Waals surface area contributed by atoms with Crippen molar-refractivity contribution >= 4 is 17.5 Å². The second-order valence-corrected chi connectivity index (χ2v) is 9.27. The topological polar surface area (TPSA) is 80.3 Å². The molecule has 0 radical (unpaired) electrons. The fourth-order valence-electron chi connectivity index (χ4n) is 4.31. The van der Waals surface area contributed by atoms with E-state index in [4.69, 9.17) is 14.2 Å². The van der Waals surface area contributed by atoms with Crippen LogP contribution in [0.2, 0.25) is 0 Å². The van der Waals surface area contributed by atoms with E-state index in [1.54, 1.807) is 44.4 Å². The van der Waals surface area contributed by atoms with Gasteiger partial charge in [0, 0.05) is 58.5 Å². The second kappa shape index (κ2) is 12.0. The lowest BCUT2D eigenvalue weighted by Gasteiger charge is -2.36. The Balaban J connectivity index is 1.93. The number of hydrogen-bond donors (Lipinski definition) is 1. The number of nitrogens with one attached hydrogen (secondary N) is 1. The summed E-state index contributed by atoms with van der Waals surface area (Å²) in [6.07, 6.45) is -0.128. The summed E-state index contributed by atoms with van der Waals surface area (Å²) in [5.74, 6) is 1.12. The van der Waals surface area contributed by atoms with Gasteiger partial charge in [-0.15, -0.1) is 0 Å². The number of benzene rings is 2. The van der Waals surface area contributed by atoms with Crippen LogP contribution in [0.1, 0.15) is 36.7 Å². The molecular formula is C27H37N3O5. The first-order valence-electron chi connectivity index (χ1n) is 11.9. The van der Waals surface area contributed by atoms with E-state index in [1.807, 2.05) is 12.1 Å². The molecule has 1 aliphatic heterocycles. The Morgan fingerprint density at radius 1 is 1.11 bits per heavy atom. The second-order valence-electron chi connectivity index (χ2n) is 9.27. The maximum atomic E-state index is 13.3. The van der Waals surface area contributed by atoms with Crippen LogP contribution in [0.4, 0.5) is 5.69 Å². The van der Waals surface area contributed by atoms with Crippen LogP contribution in [0, 0.1) is 5.92 Å². The quantitative estimate of drug-likeness (QED) is 0.699. The number of methoxy groups -OCH3 is 2. The molecule has 0 aliphatic carbocycles. The number of carbonyl (C=O) groups excluding carboxylic acids is 2. The van der Waals surface area contributed by atoms with Crippen molar-refractivity contribution in [2.45, 2.75) is 39.5 Å². The lowest BCUT2D eigenvalue weighted by Crippen LogP contribution is -2.46. The highest BCUT2D eigenvalue weighted by atomic mass is 16.5. The van der Waals surface area contributed by atoms with E-state index in [9.17, 15) is 9.59 Å². The summed E-state index contributed by atoms with van der Waals surface area (Å²) in [6.45, 7) is 8.07. The Morgan fingerprint density at radius 3 is 2.46 bits per heavy atom. The van der Waals surface area contributed by atoms with Crippen molar-refractivity contribution in [2.24, 2.45) is 5.92 Å². The zero-order valence-corrected chi connectivity index (χ0v) is 21.5. The fourth-order valence-corrected chi connectivity index (χ4v) is 4.31. The molecular weight excluding hydrogens is 446 g/mol. The molecule has 0 fully saturated rings. The zero-order chi connectivity index (χ0) is 25.5. The van der Waals surface area contributed by atoms with Gasteiger partial charge in [-0.05, 0) is 42.7 Å². The highest BCUT2D eigenvalue weighted by molar-refractivity contribution is 5.98. The van der Waals surface area contributed by atoms with Crippen molar-refractivity contribution in [3.05, 3.63) is 53.6 Å². The average Bonchev–Trinajstić information content (AvgIpc) is 2.84. The maximum absolute atomic E-state index is 13.3. The number of ether oxygens (including phenoxy) is 3. The van der Waals surface area contributed by atoms with Crippen LogP contribution in [0.15, 0.2) is 42.5 Å². The Bertz CT molecular complexity index is 1010. The third kappa shape index (κ3) is 6.96. The van der Waals surface area contributed by atoms with Crippen LogP contribution in [-0.4, -0.2) is 74.7 Å². The van der Waals surface area contributed by atoms with Gasteiger partial charge in [0.2, 0.25) is 5.91 Å². The average molecular weight is 484 g/mol. The van der Waals surface area contributed by atoms with Gasteiger partial charge in [-0.3, -0.25) is 14.5 Å². The van der Waals surface area contributed by atoms with Gasteiger partial charge in [0.05, 0.1) is 18.8 Å². The molecule has 0 spiro atoms. The molecule has 0 aromatic heterocycles. The van der Waals surface area contributed by atoms with Gasteiger partial charge in [0.25, 0.3) is 5.91 Å². The van der Waals surface area contributed by atoms with E-state index < -0.39 is 0 Å². The Hall–Kier alpha value is -3.10. The molecule has 0 saturated carbocycles. The molecule has 8 nitrogen and oxygen atoms in total. The minimum absolute atomic E-state index is 0.0570. The van der Waals surface area contributed by atoms with Gasteiger partial charge in [-0.1, -0.05) is 19.1 Å². The van der Waals surface area contributed by atoms with E-state index >= 15 is 0 Å². The van der Waals surface area contributed by atoms with Gasteiger partial charge in [0.15, 0.2) is 0 Å². The van der Waals surface area contributed by atoms with Crippen LogP contribution in [0.3, 0.4) is 0 Å². The third-order valence-corrected chi connectivity index (χ3v) is 6.44. The Kier molecular flexibility index (Phi) is 9.12. The minimum Gasteiger partial charge on any atom is -0.497 e. The number of rotatable bonds is 5. The maximum Gasteiger partial charge on any atom is 0.257 e. The van der Waals surface area contributed by atoms with Crippen molar-refractivity contribution in [3.8, 4) is 11.5 Å². The van der Waals surface area contributed by atoms with E-state index in [0.29, 0.717) is 30.2 Å². The predicted molar refractivity (Wildman–Crippen MR) is 136 cm³/mol. The molecule has 0 saturated heterocycles. The minimum atomic E-state index is -0.183. The highest BCUT2D eigenvalue weighted by Crippen LogP contribution is 2.27. The Labute approximate surface area is 208 Å². The van der Waals surface area contributed by atoms with E-state index in [1.165, 1.54) is 12.5 Å². The molecule has 190 valence electrons. The van der Waals surface area contributed by atoms with Gasteiger partial charge >= 0.3 is 0 Å². The number of nitrogens with zero attached hydrogens (tertiary/aromatic N) is 2. The molecule has 1 N–H and O–H groups in total. The molecule has 8 heteroatoms. The summed E-state index contributed by atoms with van der Waals surface area (Å²) in [5, 5.41) is 2.77. The summed E-state index contributed by atoms with van der Waals surface area (Å²) < 4.78 is 17.3. The van der Waals surface area contributed by atoms with Crippen LogP contribution >= 0.6 is 0 Å². The normalized spacial score (nSPS) is 21.8. The molecule has 2 amide bonds. The van der Waals surface area contributed by atoms with Crippen molar-refractivity contribution < 1.29 is 23.8 Å². The summed E-state index contributed by atoms with van der Waals surface area (Å²) in [7, 11) is 5.13. The number of likely N-dealkylation sites (N-methyl/N-ethyl adjacent to an activating group) is 1. The summed E-state index contributed by atoms with van der Waals surface area (Å²) in [5.41, 5.74) is 2.22. The molecule has 3 rings (SSSR count). The van der Waals surface area contributed by atoms with Crippen molar-refractivity contribution in [2.75, 3.05) is 46.3 Å². The first-order chi connectivity index (χ1) is 16.7. The van der Waals surface area contributed by atoms with Crippen LogP contribution < -0.4 is 14.8 Å². The lowest BCUT2D eigenvalue weighted by atomic mass is 10.0. The largest absolute Gasteiger partial charge is 0.497 e. The lowest BCUT2D eigenvalue weighted by molar-refractivity contribution is -0.114. The zero-order valence-electron chi connectivity index (χ0n) is 21.5. The summed E-state index contributed by atoms with van der Waals surface area (Å²) in [4.78, 5) is 28.9. The smallest absolute Gasteiger partial charge is 0.257 e. The molecule has 2 aromatic rings. The summed E-state index contributed by atoms with van der Waals surface area (Å²) in [6, 6.07) is 13.3. The molecule has 2 aromatic carbocycles. The first kappa shape index (κ1) is 26.5. The van der Waals surface area contributed by atoms with Gasteiger partial charge < -0.3 is 24.4 Å². The molecule has 35 heavy (non-hydrogen) atoms. The summed E-state index contributed by atoms with van der Waals surface area (Å²) >= 11 is 0. The van der Waals surface area contributed by atoms with Crippen molar-refractivity contribution in [3.63, 3.8) is 0 Å². The number of anilines is 1.